The smallest absolute Gasteiger partial charge is 0.326 e. The van der Waals surface area contributed by atoms with Crippen LogP contribution in [0.15, 0.2) is 183 Å². The third-order valence-corrected chi connectivity index (χ3v) is 25.0. The van der Waals surface area contributed by atoms with Gasteiger partial charge in [-0.2, -0.15) is 0 Å². The van der Waals surface area contributed by atoms with Gasteiger partial charge in [-0.1, -0.05) is 137 Å². The molecule has 0 spiro atoms. The Morgan fingerprint density at radius 3 is 0.777 bits per heavy atom. The Hall–Kier alpha value is -15.4. The number of aromatic nitrogens is 6. The number of guanidine groups is 2. The summed E-state index contributed by atoms with van der Waals surface area (Å²) < 4.78 is 0. The first kappa shape index (κ1) is 103. The molecule has 0 bridgehead atoms. The van der Waals surface area contributed by atoms with Crippen LogP contribution in [0.2, 0.25) is 0 Å². The third kappa shape index (κ3) is 28.0. The van der Waals surface area contributed by atoms with Crippen molar-refractivity contribution in [2.45, 2.75) is 203 Å². The van der Waals surface area contributed by atoms with Gasteiger partial charge in [-0.25, -0.2) is 4.79 Å². The van der Waals surface area contributed by atoms with Gasteiger partial charge < -0.3 is 133 Å². The number of carboxylic acid groups (broad SMARTS) is 1. The average molecular weight is 1900 g/mol. The van der Waals surface area contributed by atoms with E-state index in [1.807, 2.05) is 121 Å². The number of unbranched alkanes of at least 4 members (excludes halogenated alkanes) is 2. The number of rotatable bonds is 53. The molecule has 0 radical (unpaired) electrons. The molecule has 0 aliphatic heterocycles. The fourth-order valence-corrected chi connectivity index (χ4v) is 17.4. The van der Waals surface area contributed by atoms with Crippen molar-refractivity contribution in [3.63, 3.8) is 0 Å². The highest BCUT2D eigenvalue weighted by Crippen LogP contribution is 2.28. The van der Waals surface area contributed by atoms with Crippen molar-refractivity contribution in [3.05, 3.63) is 216 Å². The van der Waals surface area contributed by atoms with Crippen molar-refractivity contribution in [1.29, 1.82) is 10.8 Å². The van der Waals surface area contributed by atoms with Crippen molar-refractivity contribution < 1.29 is 62.6 Å². The zero-order valence-corrected chi connectivity index (χ0v) is 78.3. The maximum atomic E-state index is 15.7. The Morgan fingerprint density at radius 2 is 0.504 bits per heavy atom. The van der Waals surface area contributed by atoms with Crippen LogP contribution < -0.4 is 97.8 Å². The Morgan fingerprint density at radius 1 is 0.288 bits per heavy atom. The van der Waals surface area contributed by atoms with Crippen molar-refractivity contribution in [2.75, 3.05) is 26.2 Å². The molecule has 6 aromatic carbocycles. The van der Waals surface area contributed by atoms with Crippen molar-refractivity contribution >= 4 is 148 Å². The van der Waals surface area contributed by atoms with Gasteiger partial charge in [-0.3, -0.25) is 63.6 Å². The molecule has 39 heteroatoms. The van der Waals surface area contributed by atoms with E-state index in [1.54, 1.807) is 89.1 Å². The van der Waals surface area contributed by atoms with E-state index in [4.69, 9.17) is 39.5 Å². The zero-order chi connectivity index (χ0) is 99.3. The van der Waals surface area contributed by atoms with Crippen LogP contribution in [0.5, 0.6) is 0 Å². The van der Waals surface area contributed by atoms with E-state index in [2.05, 4.69) is 99.0 Å². The minimum absolute atomic E-state index is 0.0159. The highest BCUT2D eigenvalue weighted by atomic mass is 16.4. The normalized spacial score (nSPS) is 14.1. The molecule has 736 valence electrons. The van der Waals surface area contributed by atoms with Crippen molar-refractivity contribution in [2.24, 2.45) is 40.5 Å². The number of nitrogens with one attached hydrogen (secondary N) is 21. The van der Waals surface area contributed by atoms with Gasteiger partial charge in [-0.15, -0.1) is 0 Å². The van der Waals surface area contributed by atoms with Crippen LogP contribution in [0.25, 0.3) is 65.4 Å². The number of benzene rings is 6. The molecular formula is C100H128N26O13. The number of para-hydroxylation sites is 6. The second kappa shape index (κ2) is 49.4. The number of hydrogen-bond donors (Lipinski definition) is 27. The summed E-state index contributed by atoms with van der Waals surface area (Å²) in [6, 6.07) is 26.8. The highest BCUT2D eigenvalue weighted by molar-refractivity contribution is 6.02. The van der Waals surface area contributed by atoms with Crippen LogP contribution in [0.3, 0.4) is 0 Å². The number of aliphatic carboxylic acids is 1. The summed E-state index contributed by atoms with van der Waals surface area (Å²) in [6.07, 6.45) is 10.9. The predicted molar refractivity (Wildman–Crippen MR) is 533 cm³/mol. The molecule has 139 heavy (non-hydrogen) atoms. The molecule has 0 saturated carbocycles. The molecule has 32 N–H and O–H groups in total. The molecule has 12 aromatic rings. The number of nitrogens with two attached hydrogens (primary N) is 5. The third-order valence-electron chi connectivity index (χ3n) is 25.0. The van der Waals surface area contributed by atoms with Gasteiger partial charge in [0.2, 0.25) is 65.0 Å². The summed E-state index contributed by atoms with van der Waals surface area (Å²) in [7, 11) is 0. The predicted octanol–water partition coefficient (Wildman–Crippen LogP) is 4.17. The Balaban J connectivity index is 0.801. The van der Waals surface area contributed by atoms with E-state index >= 15 is 38.4 Å². The fourth-order valence-electron chi connectivity index (χ4n) is 17.4. The summed E-state index contributed by atoms with van der Waals surface area (Å²) in [4.78, 5) is 200. The maximum absolute atomic E-state index is 15.7. The molecule has 6 heterocycles. The van der Waals surface area contributed by atoms with Gasteiger partial charge in [0.15, 0.2) is 11.9 Å². The van der Waals surface area contributed by atoms with Gasteiger partial charge in [-0.05, 0) is 165 Å². The summed E-state index contributed by atoms with van der Waals surface area (Å²) in [5.41, 5.74) is 38.0. The van der Waals surface area contributed by atoms with E-state index in [0.717, 1.165) is 38.3 Å². The van der Waals surface area contributed by atoms with Gasteiger partial charge in [0.25, 0.3) is 0 Å². The number of fused-ring (bicyclic) bond motifs is 6. The van der Waals surface area contributed by atoms with Crippen molar-refractivity contribution in [1.82, 2.24) is 99.0 Å². The van der Waals surface area contributed by atoms with Crippen LogP contribution in [0, 0.1) is 22.7 Å². The Kier molecular flexibility index (Phi) is 36.4. The maximum Gasteiger partial charge on any atom is 0.326 e. The zero-order valence-electron chi connectivity index (χ0n) is 78.3. The van der Waals surface area contributed by atoms with Crippen LogP contribution in [0.4, 0.5) is 0 Å². The monoisotopic (exact) mass is 1900 g/mol. The van der Waals surface area contributed by atoms with Crippen molar-refractivity contribution in [3.8, 4) is 0 Å². The molecule has 0 aliphatic carbocycles. The number of carboxylic acids is 1. The summed E-state index contributed by atoms with van der Waals surface area (Å²) in [5, 5.41) is 67.4. The first-order chi connectivity index (χ1) is 66.9. The molecule has 11 amide bonds. The second-order valence-electron chi connectivity index (χ2n) is 35.9. The minimum Gasteiger partial charge on any atom is -0.480 e. The fraction of sp³-hybridized carbons (Fsp3) is 0.380. The molecule has 6 aromatic heterocycles. The molecular weight excluding hydrogens is 1770 g/mol. The molecule has 12 rings (SSSR count). The van der Waals surface area contributed by atoms with Gasteiger partial charge >= 0.3 is 5.97 Å². The first-order valence-corrected chi connectivity index (χ1v) is 47.1. The molecule has 12 atom stereocenters. The lowest BCUT2D eigenvalue weighted by atomic mass is 9.98. The number of carbonyl (C=O) groups is 12. The number of carbonyl (C=O) groups excluding carboxylic acids is 11. The quantitative estimate of drug-likeness (QED) is 0.0144. The lowest BCUT2D eigenvalue weighted by Crippen LogP contribution is -2.62. The number of H-pyrrole nitrogens is 6. The van der Waals surface area contributed by atoms with Gasteiger partial charge in [0, 0.05) is 148 Å². The van der Waals surface area contributed by atoms with E-state index in [0.29, 0.717) is 79.8 Å². The van der Waals surface area contributed by atoms with Crippen LogP contribution in [-0.2, 0) is 96.1 Å². The summed E-state index contributed by atoms with van der Waals surface area (Å²) in [6.45, 7) is 7.24. The standard InChI is InChI=1S/C100H128N26O13/c1-55(2)85(96(136)119-76(35-17-19-39-101)90(130)124-84(98(138)139)48-62-54-115-75-34-16-10-28-68(62)75)126-95(135)83(47-61-53-114-74-33-15-9-27-67(61)74)121-89(129)79(38-22-42-109-100(106)107)118-93(133)82(46-60-52-113-73-32-14-8-26-66(60)73)123-97(137)86(56(3)4)125-91(131)77(36-18-20-40-102)117-92(132)80(44-58-50-111-71-30-12-6-24-64(58)71)122-94(134)81(45-59-51-112-72-31-13-7-25-65(59)72)120-88(128)78(37-21-41-108-99(104)105)116-87(127)69(103)43-57-49-110-70-29-11-5-23-63(57)70/h5-16,23-34,49-56,69,76-86,110-115H,17-22,35-48,101-103H2,1-4H3,(H,116,127)(H,117,132)(H,118,133)(H,119,136)(H,120,128)(H,121,129)(H,122,134)(H,123,137)(H,124,130)(H,125,131)(H,126,135)(H,138,139)(H4,104,105,108)(H4,106,107,109)/t69-,76-,77-,78-,79-,80-,81-,82-,83-,84-,85-,86-/m0/s1. The first-order valence-electron chi connectivity index (χ1n) is 47.1. The molecule has 0 saturated heterocycles. The van der Waals surface area contributed by atoms with Crippen LogP contribution in [0.1, 0.15) is 125 Å². The average Bonchev–Trinajstić information content (AvgIpc) is 1.68. The molecule has 0 unspecified atom stereocenters. The topological polar surface area (TPSA) is 654 Å². The number of hydrogen-bond acceptors (Lipinski definition) is 17. The van der Waals surface area contributed by atoms with Crippen LogP contribution >= 0.6 is 0 Å². The number of amides is 11. The highest BCUT2D eigenvalue weighted by Gasteiger charge is 2.40. The minimum atomic E-state index is -1.56. The molecule has 39 nitrogen and oxygen atoms in total. The molecule has 0 aliphatic rings. The van der Waals surface area contributed by atoms with E-state index in [-0.39, 0.29) is 122 Å². The summed E-state index contributed by atoms with van der Waals surface area (Å²) in [5.74, 6) is -12.6. The Bertz CT molecular complexity index is 6320. The largest absolute Gasteiger partial charge is 0.480 e. The number of aromatic amines is 6. The Labute approximate surface area is 802 Å². The van der Waals surface area contributed by atoms with Gasteiger partial charge in [0.05, 0.1) is 6.04 Å². The van der Waals surface area contributed by atoms with E-state index in [9.17, 15) is 24.3 Å². The lowest BCUT2D eigenvalue weighted by Gasteiger charge is -2.30. The molecule has 0 fully saturated rings. The summed E-state index contributed by atoms with van der Waals surface area (Å²) >= 11 is 0. The SMILES string of the molecule is CC(C)[C@H](NC(=O)[C@H](Cc1c[nH]c2ccccc12)NC(=O)[C@H](CCCNC(=N)N)NC(=O)[C@H](Cc1c[nH]c2ccccc12)NC(=O)[C@@H](NC(=O)[C@H](CCCCN)NC(=O)[C@H](Cc1c[nH]c2ccccc12)NC(=O)[C@H](Cc1c[nH]c2ccccc12)NC(=O)[C@H](CCCNC(=N)N)NC(=O)[C@@H](N)Cc1c[nH]c2ccccc12)C(C)C)C(=O)N[C@@H](CCCCN)C(=O)N[C@@H](Cc1c[nH]c2ccccc12)C(=O)O. The van der Waals surface area contributed by atoms with Gasteiger partial charge in [0.1, 0.15) is 66.5 Å². The van der Waals surface area contributed by atoms with E-state index in [1.165, 1.54) is 0 Å². The van der Waals surface area contributed by atoms with E-state index < -0.39 is 155 Å². The second-order valence-corrected chi connectivity index (χ2v) is 35.9. The lowest BCUT2D eigenvalue weighted by molar-refractivity contribution is -0.142. The van der Waals surface area contributed by atoms with Crippen LogP contribution in [-0.4, -0.2) is 217 Å².